The number of H-pyrrole nitrogens is 1. The predicted octanol–water partition coefficient (Wildman–Crippen LogP) is 2.53. The Morgan fingerprint density at radius 3 is 2.59 bits per heavy atom. The van der Waals surface area contributed by atoms with Crippen molar-refractivity contribution in [2.24, 2.45) is 0 Å². The van der Waals surface area contributed by atoms with Crippen LogP contribution in [0.15, 0.2) is 46.1 Å². The van der Waals surface area contributed by atoms with Crippen molar-refractivity contribution < 1.29 is 33.0 Å². The number of carbonyl (C=O) groups excluding carboxylic acids is 1. The molecule has 15 heteroatoms. The molecule has 2 heterocycles. The number of ether oxygens (including phenoxy) is 2. The Labute approximate surface area is 231 Å². The maximum atomic E-state index is 13.7. The predicted molar refractivity (Wildman–Crippen MR) is 143 cm³/mol. The summed E-state index contributed by atoms with van der Waals surface area (Å²) >= 11 is 8.32. The standard InChI is InChI=1S/C22H28ClIN3O9P/c1-12(2)34-19(30)13(3)26-37(32,36-14-8-6-5-7-9-14)33-11-16-17(28)22(4,23)20(35-16)27-10-15(24)18(29)25-21(27)31/h5-10,12-13,16-17,20,28H,11H2,1-4H3,(H,26,32)(H,25,29,31)/t13-,16-,17-,20?,22-,37-/m1/s1. The molecule has 1 unspecified atom stereocenters. The summed E-state index contributed by atoms with van der Waals surface area (Å²) in [4.78, 5) is 37.1. The van der Waals surface area contributed by atoms with Crippen LogP contribution in [0.2, 0.25) is 0 Å². The topological polar surface area (TPSA) is 158 Å². The molecule has 1 aromatic heterocycles. The van der Waals surface area contributed by atoms with Gasteiger partial charge in [-0.25, -0.2) is 9.36 Å². The molecule has 0 spiro atoms. The SMILES string of the molecule is CC(C)OC(=O)[C@@H](C)N[P@@](=O)(OC[C@H]1OC(n2cc(I)c(=O)[nH]c2=O)[C@](C)(Cl)[C@@H]1O)Oc1ccccc1. The number of aliphatic hydroxyl groups excluding tert-OH is 1. The van der Waals surface area contributed by atoms with Crippen LogP contribution in [0.1, 0.15) is 33.9 Å². The van der Waals surface area contributed by atoms with Crippen LogP contribution in [0.4, 0.5) is 0 Å². The zero-order valence-electron chi connectivity index (χ0n) is 20.4. The molecule has 3 N–H and O–H groups in total. The van der Waals surface area contributed by atoms with E-state index >= 15 is 0 Å². The fourth-order valence-corrected chi connectivity index (χ4v) is 5.73. The highest BCUT2D eigenvalue weighted by atomic mass is 127. The number of aromatic nitrogens is 2. The first-order valence-corrected chi connectivity index (χ1v) is 14.2. The van der Waals surface area contributed by atoms with Crippen LogP contribution < -0.4 is 20.9 Å². The Morgan fingerprint density at radius 2 is 1.97 bits per heavy atom. The third kappa shape index (κ3) is 7.22. The summed E-state index contributed by atoms with van der Waals surface area (Å²) in [7, 11) is -4.23. The number of para-hydroxylation sites is 1. The number of aromatic amines is 1. The minimum absolute atomic E-state index is 0.199. The number of rotatable bonds is 10. The van der Waals surface area contributed by atoms with E-state index in [1.165, 1.54) is 20.0 Å². The van der Waals surface area contributed by atoms with Crippen LogP contribution in [0.25, 0.3) is 0 Å². The van der Waals surface area contributed by atoms with Gasteiger partial charge in [-0.05, 0) is 62.4 Å². The number of hydrogen-bond acceptors (Lipinski definition) is 9. The molecule has 37 heavy (non-hydrogen) atoms. The third-order valence-corrected chi connectivity index (χ3v) is 8.15. The maximum Gasteiger partial charge on any atom is 0.459 e. The van der Waals surface area contributed by atoms with E-state index in [9.17, 15) is 24.1 Å². The van der Waals surface area contributed by atoms with Crippen molar-refractivity contribution in [1.29, 1.82) is 0 Å². The number of aliphatic hydroxyl groups is 1. The lowest BCUT2D eigenvalue weighted by Crippen LogP contribution is -2.43. The molecule has 1 aromatic carbocycles. The highest BCUT2D eigenvalue weighted by molar-refractivity contribution is 14.1. The molecular weight excluding hydrogens is 644 g/mol. The number of hydrogen-bond donors (Lipinski definition) is 3. The molecule has 2 aromatic rings. The highest BCUT2D eigenvalue weighted by Gasteiger charge is 2.54. The van der Waals surface area contributed by atoms with Gasteiger partial charge < -0.3 is 19.1 Å². The van der Waals surface area contributed by atoms with Gasteiger partial charge in [0.25, 0.3) is 5.56 Å². The number of nitrogens with one attached hydrogen (secondary N) is 2. The summed E-state index contributed by atoms with van der Waals surface area (Å²) in [5.74, 6) is -0.474. The molecular formula is C22H28ClIN3O9P. The zero-order chi connectivity index (χ0) is 27.5. The van der Waals surface area contributed by atoms with E-state index in [0.717, 1.165) is 4.57 Å². The lowest BCUT2D eigenvalue weighted by molar-refractivity contribution is -0.149. The first kappa shape index (κ1) is 29.8. The van der Waals surface area contributed by atoms with Crippen LogP contribution in [0, 0.1) is 3.57 Å². The normalized spacial score (nSPS) is 26.0. The van der Waals surface area contributed by atoms with E-state index in [4.69, 9.17) is 30.1 Å². The fraction of sp³-hybridized carbons (Fsp3) is 0.500. The Bertz CT molecular complexity index is 1270. The Morgan fingerprint density at radius 1 is 1.32 bits per heavy atom. The largest absolute Gasteiger partial charge is 0.462 e. The van der Waals surface area contributed by atoms with E-state index in [1.807, 2.05) is 0 Å². The van der Waals surface area contributed by atoms with Gasteiger partial charge in [0.1, 0.15) is 28.9 Å². The van der Waals surface area contributed by atoms with Crippen LogP contribution >= 0.6 is 41.9 Å². The minimum Gasteiger partial charge on any atom is -0.462 e. The van der Waals surface area contributed by atoms with Crippen molar-refractivity contribution in [1.82, 2.24) is 14.6 Å². The van der Waals surface area contributed by atoms with Crippen molar-refractivity contribution >= 4 is 47.9 Å². The van der Waals surface area contributed by atoms with Gasteiger partial charge in [-0.3, -0.25) is 23.7 Å². The summed E-state index contributed by atoms with van der Waals surface area (Å²) < 4.78 is 37.1. The van der Waals surface area contributed by atoms with E-state index < -0.39 is 67.0 Å². The molecule has 0 bridgehead atoms. The molecule has 6 atom stereocenters. The zero-order valence-corrected chi connectivity index (χ0v) is 24.2. The molecule has 1 fully saturated rings. The van der Waals surface area contributed by atoms with Crippen molar-refractivity contribution in [3.05, 3.63) is 60.9 Å². The van der Waals surface area contributed by atoms with Crippen LogP contribution in [-0.2, 0) is 23.4 Å². The van der Waals surface area contributed by atoms with Gasteiger partial charge >= 0.3 is 19.4 Å². The molecule has 1 aliphatic heterocycles. The molecule has 0 aliphatic carbocycles. The molecule has 12 nitrogen and oxygen atoms in total. The molecule has 0 saturated carbocycles. The molecule has 3 rings (SSSR count). The second kappa shape index (κ2) is 12.0. The first-order valence-electron chi connectivity index (χ1n) is 11.2. The number of nitrogens with zero attached hydrogens (tertiary/aromatic N) is 1. The van der Waals surface area contributed by atoms with E-state index in [2.05, 4.69) is 10.1 Å². The van der Waals surface area contributed by atoms with Gasteiger partial charge in [-0.1, -0.05) is 18.2 Å². The van der Waals surface area contributed by atoms with Crippen LogP contribution in [0.3, 0.4) is 0 Å². The maximum absolute atomic E-state index is 13.7. The number of benzene rings is 1. The van der Waals surface area contributed by atoms with E-state index in [-0.39, 0.29) is 9.32 Å². The van der Waals surface area contributed by atoms with Crippen LogP contribution in [0.5, 0.6) is 5.75 Å². The fourth-order valence-electron chi connectivity index (χ4n) is 3.49. The third-order valence-electron chi connectivity index (χ3n) is 5.33. The first-order chi connectivity index (χ1) is 17.2. The van der Waals surface area contributed by atoms with E-state index in [1.54, 1.807) is 66.8 Å². The average Bonchev–Trinajstić information content (AvgIpc) is 3.03. The van der Waals surface area contributed by atoms with Gasteiger partial charge in [0, 0.05) is 6.20 Å². The number of carbonyl (C=O) groups is 1. The van der Waals surface area contributed by atoms with Crippen LogP contribution in [-0.4, -0.2) is 56.5 Å². The summed E-state index contributed by atoms with van der Waals surface area (Å²) in [6.45, 7) is 5.75. The lowest BCUT2D eigenvalue weighted by atomic mass is 10.0. The van der Waals surface area contributed by atoms with Gasteiger partial charge in [0.05, 0.1) is 16.3 Å². The lowest BCUT2D eigenvalue weighted by Gasteiger charge is -2.26. The average molecular weight is 672 g/mol. The monoisotopic (exact) mass is 671 g/mol. The van der Waals surface area contributed by atoms with Gasteiger partial charge in [-0.15, -0.1) is 11.6 Å². The molecule has 204 valence electrons. The molecule has 0 radical (unpaired) electrons. The van der Waals surface area contributed by atoms with Gasteiger partial charge in [-0.2, -0.15) is 5.09 Å². The quantitative estimate of drug-likeness (QED) is 0.148. The molecule has 1 saturated heterocycles. The van der Waals surface area contributed by atoms with Gasteiger partial charge in [0.15, 0.2) is 6.23 Å². The van der Waals surface area contributed by atoms with Gasteiger partial charge in [0.2, 0.25) is 0 Å². The molecule has 1 aliphatic rings. The van der Waals surface area contributed by atoms with E-state index in [0.29, 0.717) is 0 Å². The summed E-state index contributed by atoms with van der Waals surface area (Å²) in [5, 5.41) is 13.4. The second-order valence-corrected chi connectivity index (χ2v) is 12.5. The summed E-state index contributed by atoms with van der Waals surface area (Å²) in [5.41, 5.74) is -1.36. The summed E-state index contributed by atoms with van der Waals surface area (Å²) in [6, 6.07) is 7.08. The van der Waals surface area contributed by atoms with Crippen molar-refractivity contribution in [3.8, 4) is 5.75 Å². The van der Waals surface area contributed by atoms with Crippen molar-refractivity contribution in [3.63, 3.8) is 0 Å². The minimum atomic E-state index is -4.23. The smallest absolute Gasteiger partial charge is 0.459 e. The Kier molecular flexibility index (Phi) is 9.65. The number of alkyl halides is 1. The number of esters is 1. The highest BCUT2D eigenvalue weighted by Crippen LogP contribution is 2.48. The molecule has 0 amide bonds. The Hall–Kier alpha value is -1.74. The van der Waals surface area contributed by atoms with Crippen molar-refractivity contribution in [2.75, 3.05) is 6.61 Å². The second-order valence-electron chi connectivity index (χ2n) is 8.80. The van der Waals surface area contributed by atoms with Crippen molar-refractivity contribution in [2.45, 2.75) is 63.2 Å². The summed E-state index contributed by atoms with van der Waals surface area (Å²) in [6.07, 6.45) is -2.87. The number of halogens is 2. The Balaban J connectivity index is 1.82.